The second kappa shape index (κ2) is 11.1. The summed E-state index contributed by atoms with van der Waals surface area (Å²) in [7, 11) is 0. The Morgan fingerprint density at radius 2 is 1.97 bits per heavy atom. The lowest BCUT2D eigenvalue weighted by molar-refractivity contribution is -0.0721. The van der Waals surface area contributed by atoms with Crippen LogP contribution in [0.4, 0.5) is 0 Å². The molecule has 0 amide bonds. The van der Waals surface area contributed by atoms with E-state index in [2.05, 4.69) is 62.2 Å². The molecule has 0 spiro atoms. The highest BCUT2D eigenvalue weighted by Crippen LogP contribution is 2.26. The maximum absolute atomic E-state index is 6.18. The first-order valence-corrected chi connectivity index (χ1v) is 11.8. The van der Waals surface area contributed by atoms with Gasteiger partial charge < -0.3 is 19.7 Å². The van der Waals surface area contributed by atoms with E-state index in [0.29, 0.717) is 12.2 Å². The Bertz CT molecular complexity index is 675. The molecule has 2 fully saturated rings. The van der Waals surface area contributed by atoms with Crippen molar-refractivity contribution < 1.29 is 9.47 Å². The SMILES string of the molecule is CCNC(=NCC(C)(C)c1ccccc1C)N1CCC(OCC2CCCCO2)CC1. The molecule has 1 unspecified atom stereocenters. The lowest BCUT2D eigenvalue weighted by Gasteiger charge is -2.35. The molecule has 2 heterocycles. The number of nitrogens with one attached hydrogen (secondary N) is 1. The summed E-state index contributed by atoms with van der Waals surface area (Å²) < 4.78 is 12.0. The predicted molar refractivity (Wildman–Crippen MR) is 124 cm³/mol. The Hall–Kier alpha value is -1.59. The number of piperidine rings is 1. The van der Waals surface area contributed by atoms with E-state index in [1.807, 2.05) is 0 Å². The topological polar surface area (TPSA) is 46.1 Å². The van der Waals surface area contributed by atoms with Crippen molar-refractivity contribution in [2.75, 3.05) is 39.4 Å². The van der Waals surface area contributed by atoms with Crippen LogP contribution >= 0.6 is 0 Å². The number of aryl methyl sites for hydroxylation is 1. The van der Waals surface area contributed by atoms with Crippen LogP contribution in [-0.2, 0) is 14.9 Å². The van der Waals surface area contributed by atoms with Crippen LogP contribution in [0.25, 0.3) is 0 Å². The van der Waals surface area contributed by atoms with Gasteiger partial charge in [0.1, 0.15) is 0 Å². The molecule has 30 heavy (non-hydrogen) atoms. The van der Waals surface area contributed by atoms with Crippen molar-refractivity contribution in [3.8, 4) is 0 Å². The number of rotatable bonds is 7. The minimum absolute atomic E-state index is 0.00739. The van der Waals surface area contributed by atoms with Crippen molar-refractivity contribution in [2.24, 2.45) is 4.99 Å². The van der Waals surface area contributed by atoms with Gasteiger partial charge in [-0.2, -0.15) is 0 Å². The molecule has 1 aromatic rings. The van der Waals surface area contributed by atoms with Gasteiger partial charge in [0.2, 0.25) is 0 Å². The van der Waals surface area contributed by atoms with Crippen LogP contribution in [-0.4, -0.2) is 62.5 Å². The summed E-state index contributed by atoms with van der Waals surface area (Å²) >= 11 is 0. The lowest BCUT2D eigenvalue weighted by Crippen LogP contribution is -2.47. The molecule has 1 atom stereocenters. The quantitative estimate of drug-likeness (QED) is 0.533. The Morgan fingerprint density at radius 3 is 2.63 bits per heavy atom. The number of guanidine groups is 1. The van der Waals surface area contributed by atoms with Crippen LogP contribution < -0.4 is 5.32 Å². The predicted octanol–water partition coefficient (Wildman–Crippen LogP) is 4.29. The summed E-state index contributed by atoms with van der Waals surface area (Å²) in [5.74, 6) is 1.04. The average molecular weight is 416 g/mol. The third-order valence-electron chi connectivity index (χ3n) is 6.37. The van der Waals surface area contributed by atoms with Gasteiger partial charge in [-0.1, -0.05) is 38.1 Å². The highest BCUT2D eigenvalue weighted by molar-refractivity contribution is 5.80. The Morgan fingerprint density at radius 1 is 1.20 bits per heavy atom. The summed E-state index contributed by atoms with van der Waals surface area (Å²) in [5, 5.41) is 3.50. The van der Waals surface area contributed by atoms with E-state index in [0.717, 1.165) is 64.6 Å². The van der Waals surface area contributed by atoms with E-state index >= 15 is 0 Å². The zero-order valence-corrected chi connectivity index (χ0v) is 19.5. The molecule has 1 N–H and O–H groups in total. The molecule has 168 valence electrons. The van der Waals surface area contributed by atoms with E-state index in [1.165, 1.54) is 24.0 Å². The number of aliphatic imine (C=N–C) groups is 1. The van der Waals surface area contributed by atoms with Gasteiger partial charge in [-0.25, -0.2) is 0 Å². The Labute approximate surface area is 183 Å². The summed E-state index contributed by atoms with van der Waals surface area (Å²) in [6.07, 6.45) is 6.37. The normalized spacial score (nSPS) is 21.7. The van der Waals surface area contributed by atoms with Gasteiger partial charge in [0, 0.05) is 31.7 Å². The van der Waals surface area contributed by atoms with Crippen LogP contribution in [0.1, 0.15) is 64.0 Å². The minimum atomic E-state index is 0.00739. The number of benzene rings is 1. The first-order chi connectivity index (χ1) is 14.5. The molecular formula is C25H41N3O2. The fraction of sp³-hybridized carbons (Fsp3) is 0.720. The van der Waals surface area contributed by atoms with E-state index in [4.69, 9.17) is 14.5 Å². The second-order valence-corrected chi connectivity index (χ2v) is 9.38. The molecule has 1 aromatic carbocycles. The maximum Gasteiger partial charge on any atom is 0.193 e. The molecular weight excluding hydrogens is 374 g/mol. The zero-order chi connectivity index (χ0) is 21.4. The van der Waals surface area contributed by atoms with Gasteiger partial charge in [0.25, 0.3) is 0 Å². The van der Waals surface area contributed by atoms with Crippen molar-refractivity contribution >= 4 is 5.96 Å². The van der Waals surface area contributed by atoms with Gasteiger partial charge in [0.15, 0.2) is 5.96 Å². The van der Waals surface area contributed by atoms with E-state index in [9.17, 15) is 0 Å². The number of nitrogens with zero attached hydrogens (tertiary/aromatic N) is 2. The number of ether oxygens (including phenoxy) is 2. The van der Waals surface area contributed by atoms with Gasteiger partial charge in [-0.05, 0) is 57.1 Å². The highest BCUT2D eigenvalue weighted by atomic mass is 16.5. The van der Waals surface area contributed by atoms with Crippen LogP contribution in [0.3, 0.4) is 0 Å². The van der Waals surface area contributed by atoms with E-state index < -0.39 is 0 Å². The monoisotopic (exact) mass is 415 g/mol. The largest absolute Gasteiger partial charge is 0.376 e. The number of likely N-dealkylation sites (tertiary alicyclic amines) is 1. The molecule has 0 aromatic heterocycles. The first-order valence-electron chi connectivity index (χ1n) is 11.8. The summed E-state index contributed by atoms with van der Waals surface area (Å²) in [4.78, 5) is 7.44. The molecule has 5 heteroatoms. The molecule has 2 aliphatic rings. The smallest absolute Gasteiger partial charge is 0.193 e. The van der Waals surface area contributed by atoms with Gasteiger partial charge in [-0.3, -0.25) is 4.99 Å². The van der Waals surface area contributed by atoms with Crippen molar-refractivity contribution in [3.63, 3.8) is 0 Å². The van der Waals surface area contributed by atoms with Crippen LogP contribution in [0.15, 0.2) is 29.3 Å². The van der Waals surface area contributed by atoms with Gasteiger partial charge in [0.05, 0.1) is 25.4 Å². The fourth-order valence-electron chi connectivity index (χ4n) is 4.53. The summed E-state index contributed by atoms with van der Waals surface area (Å²) in [5.41, 5.74) is 2.72. The standard InChI is InChI=1S/C25H41N3O2/c1-5-26-24(27-19-25(3,4)23-12-7-6-10-20(23)2)28-15-13-21(14-16-28)30-18-22-11-8-9-17-29-22/h6-7,10,12,21-22H,5,8-9,11,13-19H2,1-4H3,(H,26,27). The van der Waals surface area contributed by atoms with Crippen molar-refractivity contribution in [3.05, 3.63) is 35.4 Å². The fourth-order valence-corrected chi connectivity index (χ4v) is 4.53. The second-order valence-electron chi connectivity index (χ2n) is 9.38. The molecule has 3 rings (SSSR count). The molecule has 0 aliphatic carbocycles. The lowest BCUT2D eigenvalue weighted by atomic mass is 9.82. The molecule has 0 saturated carbocycles. The van der Waals surface area contributed by atoms with Gasteiger partial charge >= 0.3 is 0 Å². The summed E-state index contributed by atoms with van der Waals surface area (Å²) in [6.45, 7) is 14.2. The van der Waals surface area contributed by atoms with E-state index in [1.54, 1.807) is 0 Å². The first kappa shape index (κ1) is 23.1. The van der Waals surface area contributed by atoms with Crippen molar-refractivity contribution in [2.45, 2.75) is 77.4 Å². The molecule has 5 nitrogen and oxygen atoms in total. The molecule has 0 radical (unpaired) electrons. The highest BCUT2D eigenvalue weighted by Gasteiger charge is 2.26. The zero-order valence-electron chi connectivity index (χ0n) is 19.5. The molecule has 0 bridgehead atoms. The average Bonchev–Trinajstić information content (AvgIpc) is 2.76. The molecule has 2 aliphatic heterocycles. The van der Waals surface area contributed by atoms with Crippen LogP contribution in [0.2, 0.25) is 0 Å². The summed E-state index contributed by atoms with van der Waals surface area (Å²) in [6, 6.07) is 8.66. The van der Waals surface area contributed by atoms with E-state index in [-0.39, 0.29) is 5.41 Å². The number of hydrogen-bond donors (Lipinski definition) is 1. The third kappa shape index (κ3) is 6.45. The van der Waals surface area contributed by atoms with Crippen LogP contribution in [0, 0.1) is 6.92 Å². The van der Waals surface area contributed by atoms with Gasteiger partial charge in [-0.15, -0.1) is 0 Å². The Balaban J connectivity index is 1.53. The molecule has 2 saturated heterocycles. The number of hydrogen-bond acceptors (Lipinski definition) is 3. The van der Waals surface area contributed by atoms with Crippen molar-refractivity contribution in [1.29, 1.82) is 0 Å². The minimum Gasteiger partial charge on any atom is -0.376 e. The van der Waals surface area contributed by atoms with Crippen molar-refractivity contribution in [1.82, 2.24) is 10.2 Å². The maximum atomic E-state index is 6.18. The van der Waals surface area contributed by atoms with Crippen LogP contribution in [0.5, 0.6) is 0 Å². The Kier molecular flexibility index (Phi) is 8.58. The third-order valence-corrected chi connectivity index (χ3v) is 6.37.